The van der Waals surface area contributed by atoms with Crippen LogP contribution in [0.4, 0.5) is 0 Å². The Morgan fingerprint density at radius 1 is 1.16 bits per heavy atom. The fourth-order valence-electron chi connectivity index (χ4n) is 4.82. The third-order valence-corrected chi connectivity index (χ3v) is 6.44. The first-order valence-electron chi connectivity index (χ1n) is 11.2. The van der Waals surface area contributed by atoms with Crippen LogP contribution in [-0.4, -0.2) is 40.7 Å². The van der Waals surface area contributed by atoms with Crippen molar-refractivity contribution in [3.05, 3.63) is 69.1 Å². The van der Waals surface area contributed by atoms with E-state index in [1.165, 1.54) is 11.6 Å². The Bertz CT molecular complexity index is 1030. The number of piperidine rings is 1. The SMILES string of the molecule is CC1(C)CC(=O)c2cc(C(=O)NCC3CCCCN3Cc3ccccc3)c(=O)[nH]c2C1. The van der Waals surface area contributed by atoms with Crippen LogP contribution in [0.25, 0.3) is 0 Å². The molecule has 31 heavy (non-hydrogen) atoms. The van der Waals surface area contributed by atoms with Crippen molar-refractivity contribution >= 4 is 11.7 Å². The van der Waals surface area contributed by atoms with E-state index in [2.05, 4.69) is 27.3 Å². The average molecular weight is 422 g/mol. The van der Waals surface area contributed by atoms with Gasteiger partial charge in [-0.05, 0) is 42.9 Å². The standard InChI is InChI=1S/C25H31N3O3/c1-25(2)13-21-19(22(29)14-25)12-20(24(31)27-21)23(30)26-15-18-10-6-7-11-28(18)16-17-8-4-3-5-9-17/h3-5,8-9,12,18H,6-7,10-11,13-16H2,1-2H3,(H,26,30)(H,27,31). The normalized spacial score (nSPS) is 20.8. The predicted octanol–water partition coefficient (Wildman–Crippen LogP) is 3.31. The molecule has 1 aromatic carbocycles. The first-order chi connectivity index (χ1) is 14.8. The van der Waals surface area contributed by atoms with E-state index in [0.717, 1.165) is 32.4 Å². The number of Topliss-reactive ketones (excluding diaryl/α,β-unsaturated/α-hetero) is 1. The van der Waals surface area contributed by atoms with Crippen molar-refractivity contribution in [3.63, 3.8) is 0 Å². The van der Waals surface area contributed by atoms with E-state index in [1.54, 1.807) is 0 Å². The molecule has 2 aliphatic rings. The molecular weight excluding hydrogens is 390 g/mol. The van der Waals surface area contributed by atoms with Gasteiger partial charge in [-0.1, -0.05) is 50.6 Å². The second-order valence-electron chi connectivity index (χ2n) is 9.66. The molecule has 1 fully saturated rings. The summed E-state index contributed by atoms with van der Waals surface area (Å²) >= 11 is 0. The lowest BCUT2D eigenvalue weighted by atomic mass is 9.75. The van der Waals surface area contributed by atoms with Crippen LogP contribution in [0.15, 0.2) is 41.2 Å². The summed E-state index contributed by atoms with van der Waals surface area (Å²) in [5.74, 6) is -0.426. The number of aromatic nitrogens is 1. The highest BCUT2D eigenvalue weighted by Gasteiger charge is 2.33. The number of pyridine rings is 1. The third kappa shape index (κ3) is 4.96. The Balaban J connectivity index is 1.45. The maximum Gasteiger partial charge on any atom is 0.261 e. The molecule has 1 amide bonds. The van der Waals surface area contributed by atoms with Crippen LogP contribution in [-0.2, 0) is 13.0 Å². The fraction of sp³-hybridized carbons (Fsp3) is 0.480. The summed E-state index contributed by atoms with van der Waals surface area (Å²) in [5.41, 5.74) is 1.80. The van der Waals surface area contributed by atoms with Gasteiger partial charge in [-0.25, -0.2) is 0 Å². The molecule has 0 radical (unpaired) electrons. The highest BCUT2D eigenvalue weighted by Crippen LogP contribution is 2.33. The summed E-state index contributed by atoms with van der Waals surface area (Å²) in [7, 11) is 0. The van der Waals surface area contributed by atoms with Gasteiger partial charge in [0.05, 0.1) is 0 Å². The number of nitrogens with zero attached hydrogens (tertiary/aromatic N) is 1. The number of hydrogen-bond donors (Lipinski definition) is 2. The van der Waals surface area contributed by atoms with E-state index in [0.29, 0.717) is 30.6 Å². The molecule has 2 N–H and O–H groups in total. The number of ketones is 1. The number of carbonyl (C=O) groups is 2. The number of aromatic amines is 1. The van der Waals surface area contributed by atoms with Crippen LogP contribution < -0.4 is 10.9 Å². The summed E-state index contributed by atoms with van der Waals surface area (Å²) < 4.78 is 0. The summed E-state index contributed by atoms with van der Waals surface area (Å²) in [6.07, 6.45) is 4.35. The summed E-state index contributed by atoms with van der Waals surface area (Å²) in [6.45, 7) is 6.36. The van der Waals surface area contributed by atoms with Gasteiger partial charge in [0.15, 0.2) is 5.78 Å². The van der Waals surface area contributed by atoms with Crippen LogP contribution in [0.1, 0.15) is 71.5 Å². The predicted molar refractivity (Wildman–Crippen MR) is 120 cm³/mol. The molecule has 6 nitrogen and oxygen atoms in total. The Kier molecular flexibility index (Phi) is 6.10. The maximum atomic E-state index is 12.8. The lowest BCUT2D eigenvalue weighted by Crippen LogP contribution is -2.46. The maximum absolute atomic E-state index is 12.8. The first kappa shape index (κ1) is 21.5. The van der Waals surface area contributed by atoms with Crippen molar-refractivity contribution in [2.75, 3.05) is 13.1 Å². The Labute approximate surface area is 183 Å². The van der Waals surface area contributed by atoms with Crippen molar-refractivity contribution in [2.24, 2.45) is 5.41 Å². The van der Waals surface area contributed by atoms with E-state index in [1.807, 2.05) is 32.0 Å². The van der Waals surface area contributed by atoms with Gasteiger partial charge in [0.25, 0.3) is 11.5 Å². The topological polar surface area (TPSA) is 82.3 Å². The van der Waals surface area contributed by atoms with Crippen molar-refractivity contribution in [2.45, 2.75) is 58.5 Å². The fourth-order valence-corrected chi connectivity index (χ4v) is 4.82. The molecule has 1 aliphatic carbocycles. The molecule has 0 saturated carbocycles. The number of amides is 1. The number of benzene rings is 1. The van der Waals surface area contributed by atoms with Gasteiger partial charge in [-0.15, -0.1) is 0 Å². The molecule has 0 spiro atoms. The largest absolute Gasteiger partial charge is 0.350 e. The number of likely N-dealkylation sites (tertiary alicyclic amines) is 1. The highest BCUT2D eigenvalue weighted by molar-refractivity contribution is 6.02. The number of nitrogens with one attached hydrogen (secondary N) is 2. The Morgan fingerprint density at radius 2 is 1.94 bits per heavy atom. The zero-order valence-electron chi connectivity index (χ0n) is 18.4. The number of hydrogen-bond acceptors (Lipinski definition) is 4. The zero-order valence-corrected chi connectivity index (χ0v) is 18.4. The summed E-state index contributed by atoms with van der Waals surface area (Å²) in [4.78, 5) is 43.1. The van der Waals surface area contributed by atoms with E-state index < -0.39 is 11.5 Å². The van der Waals surface area contributed by atoms with E-state index >= 15 is 0 Å². The number of fused-ring (bicyclic) bond motifs is 1. The van der Waals surface area contributed by atoms with Crippen LogP contribution in [0.2, 0.25) is 0 Å². The van der Waals surface area contributed by atoms with Gasteiger partial charge >= 0.3 is 0 Å². The molecule has 1 saturated heterocycles. The molecular formula is C25H31N3O3. The number of H-pyrrole nitrogens is 1. The molecule has 1 atom stereocenters. The van der Waals surface area contributed by atoms with Gasteiger partial charge in [-0.2, -0.15) is 0 Å². The summed E-state index contributed by atoms with van der Waals surface area (Å²) in [6, 6.07) is 12.1. The lowest BCUT2D eigenvalue weighted by molar-refractivity contribution is 0.0905. The van der Waals surface area contributed by atoms with Crippen LogP contribution in [0.3, 0.4) is 0 Å². The first-order valence-corrected chi connectivity index (χ1v) is 11.2. The van der Waals surface area contributed by atoms with Crippen LogP contribution >= 0.6 is 0 Å². The molecule has 2 aromatic rings. The van der Waals surface area contributed by atoms with Crippen molar-refractivity contribution < 1.29 is 9.59 Å². The van der Waals surface area contributed by atoms with E-state index in [4.69, 9.17) is 0 Å². The quantitative estimate of drug-likeness (QED) is 0.776. The number of rotatable bonds is 5. The minimum absolute atomic E-state index is 0.0159. The molecule has 2 heterocycles. The molecule has 4 rings (SSSR count). The minimum atomic E-state index is -0.425. The van der Waals surface area contributed by atoms with Crippen LogP contribution in [0, 0.1) is 5.41 Å². The molecule has 1 aromatic heterocycles. The highest BCUT2D eigenvalue weighted by atomic mass is 16.2. The van der Waals surface area contributed by atoms with Gasteiger partial charge in [0, 0.05) is 36.8 Å². The molecule has 0 bridgehead atoms. The second-order valence-corrected chi connectivity index (χ2v) is 9.66. The molecule has 6 heteroatoms. The van der Waals surface area contributed by atoms with Crippen LogP contribution in [0.5, 0.6) is 0 Å². The third-order valence-electron chi connectivity index (χ3n) is 6.44. The van der Waals surface area contributed by atoms with Crippen molar-refractivity contribution in [1.29, 1.82) is 0 Å². The van der Waals surface area contributed by atoms with Crippen molar-refractivity contribution in [1.82, 2.24) is 15.2 Å². The molecule has 1 unspecified atom stereocenters. The Morgan fingerprint density at radius 3 is 2.71 bits per heavy atom. The van der Waals surface area contributed by atoms with Gasteiger partial charge in [0.1, 0.15) is 5.56 Å². The number of carbonyl (C=O) groups excluding carboxylic acids is 2. The van der Waals surface area contributed by atoms with Gasteiger partial charge in [-0.3, -0.25) is 19.3 Å². The smallest absolute Gasteiger partial charge is 0.261 e. The average Bonchev–Trinajstić information content (AvgIpc) is 2.72. The Hall–Kier alpha value is -2.73. The van der Waals surface area contributed by atoms with Gasteiger partial charge in [0.2, 0.25) is 0 Å². The minimum Gasteiger partial charge on any atom is -0.350 e. The van der Waals surface area contributed by atoms with Crippen molar-refractivity contribution in [3.8, 4) is 0 Å². The lowest BCUT2D eigenvalue weighted by Gasteiger charge is -2.36. The van der Waals surface area contributed by atoms with Gasteiger partial charge < -0.3 is 10.3 Å². The van der Waals surface area contributed by atoms with E-state index in [-0.39, 0.29) is 22.8 Å². The zero-order chi connectivity index (χ0) is 22.0. The van der Waals surface area contributed by atoms with E-state index in [9.17, 15) is 14.4 Å². The monoisotopic (exact) mass is 421 g/mol. The molecule has 164 valence electrons. The second kappa shape index (κ2) is 8.79. The molecule has 1 aliphatic heterocycles. The summed E-state index contributed by atoms with van der Waals surface area (Å²) in [5, 5.41) is 2.95.